The summed E-state index contributed by atoms with van der Waals surface area (Å²) in [5.41, 5.74) is 40.0. The van der Waals surface area contributed by atoms with Gasteiger partial charge in [0.05, 0.1) is 0 Å². The largest absolute Gasteiger partial charge is 0.0619 e. The standard InChI is InChI=1S/C69H62/c1-63(2)49-21-17-15-19-35(49)37-23-25-39-41-27-29-43-45-31-33-47-48-34-32-46-44-30-28-42-40-26-24-38-36-20-16-18-22-50(36)64(3,4)52(38)54(40)66(7,8)56(42)58(44)68(11,12)60(46)62(48)69(13,14)61(47)59(45)67(9,10)57(43)55(41)65(5,6)53(39)51(37)63/h15-34H,1-14H3. The Labute approximate surface area is 409 Å². The summed E-state index contributed by atoms with van der Waals surface area (Å²) >= 11 is 0. The van der Waals surface area contributed by atoms with Gasteiger partial charge in [0.15, 0.2) is 0 Å². The first kappa shape index (κ1) is 40.6. The Morgan fingerprint density at radius 1 is 0.159 bits per heavy atom. The van der Waals surface area contributed by atoms with Gasteiger partial charge in [-0.2, -0.15) is 0 Å². The molecule has 0 heterocycles. The smallest absolute Gasteiger partial charge is 0.0165 e. The van der Waals surface area contributed by atoms with Crippen LogP contribution in [-0.4, -0.2) is 0 Å². The first-order valence-corrected chi connectivity index (χ1v) is 25.9. The summed E-state index contributed by atoms with van der Waals surface area (Å²) in [5, 5.41) is 0. The molecule has 15 rings (SSSR count). The zero-order chi connectivity index (χ0) is 47.8. The van der Waals surface area contributed by atoms with E-state index in [2.05, 4.69) is 218 Å². The molecule has 0 aromatic heterocycles. The molecule has 0 unspecified atom stereocenters. The quantitative estimate of drug-likeness (QED) is 0.142. The summed E-state index contributed by atoms with van der Waals surface area (Å²) in [5.74, 6) is 0. The third-order valence-corrected chi connectivity index (χ3v) is 20.0. The molecule has 7 aliphatic rings. The Bertz CT molecular complexity index is 3590. The summed E-state index contributed by atoms with van der Waals surface area (Å²) in [7, 11) is 0. The van der Waals surface area contributed by atoms with Crippen molar-refractivity contribution in [3.05, 3.63) is 199 Å². The molecule has 0 radical (unpaired) electrons. The number of benzene rings is 8. The lowest BCUT2D eigenvalue weighted by Crippen LogP contribution is -2.30. The Morgan fingerprint density at radius 3 is 0.493 bits per heavy atom. The Kier molecular flexibility index (Phi) is 6.87. The van der Waals surface area contributed by atoms with Gasteiger partial charge in [0.25, 0.3) is 0 Å². The van der Waals surface area contributed by atoms with Crippen molar-refractivity contribution in [3.63, 3.8) is 0 Å². The van der Waals surface area contributed by atoms with E-state index in [4.69, 9.17) is 0 Å². The minimum Gasteiger partial charge on any atom is -0.0619 e. The van der Waals surface area contributed by atoms with Gasteiger partial charge in [0.1, 0.15) is 0 Å². The lowest BCUT2D eigenvalue weighted by molar-refractivity contribution is 0.555. The van der Waals surface area contributed by atoms with Crippen LogP contribution in [0.25, 0.3) is 77.9 Å². The summed E-state index contributed by atoms with van der Waals surface area (Å²) in [6.07, 6.45) is 0. The molecule has 0 fully saturated rings. The fourth-order valence-corrected chi connectivity index (χ4v) is 17.5. The SMILES string of the molecule is CC1(C)c2ccccc2-c2ccc3c(c21)C(C)(C)c1c-3ccc2c1C(C)(C)c1c-2ccc2c1C(C)(C)c1c-2ccc2c1C(C)(C)c1c-2ccc2c1C(C)(C)c1c-2ccc2c1C(C)(C)c1ccccc1-2. The Balaban J connectivity index is 0.886. The maximum absolute atomic E-state index is 2.57. The second-order valence-corrected chi connectivity index (χ2v) is 25.9. The first-order valence-electron chi connectivity index (χ1n) is 25.9. The van der Waals surface area contributed by atoms with Gasteiger partial charge < -0.3 is 0 Å². The summed E-state index contributed by atoms with van der Waals surface area (Å²) in [6.45, 7) is 35.3. The number of rotatable bonds is 0. The molecule has 0 nitrogen and oxygen atoms in total. The van der Waals surface area contributed by atoms with Crippen molar-refractivity contribution < 1.29 is 0 Å². The lowest BCUT2D eigenvalue weighted by Gasteiger charge is -2.36. The number of hydrogen-bond donors (Lipinski definition) is 0. The molecular formula is C69H62. The Morgan fingerprint density at radius 2 is 0.304 bits per heavy atom. The predicted molar refractivity (Wildman–Crippen MR) is 289 cm³/mol. The zero-order valence-electron chi connectivity index (χ0n) is 43.0. The van der Waals surface area contributed by atoms with Crippen molar-refractivity contribution in [3.8, 4) is 77.9 Å². The minimum atomic E-state index is -0.226. The van der Waals surface area contributed by atoms with Gasteiger partial charge in [0, 0.05) is 37.9 Å². The highest BCUT2D eigenvalue weighted by Gasteiger charge is 2.56. The molecule has 0 N–H and O–H groups in total. The number of fused-ring (bicyclic) bond motifs is 27. The molecule has 0 aliphatic heterocycles. The van der Waals surface area contributed by atoms with E-state index in [9.17, 15) is 0 Å². The van der Waals surface area contributed by atoms with Crippen LogP contribution in [0, 0.1) is 0 Å². The lowest BCUT2D eigenvalue weighted by atomic mass is 9.66. The van der Waals surface area contributed by atoms with Crippen LogP contribution in [0.1, 0.15) is 175 Å². The fourth-order valence-electron chi connectivity index (χ4n) is 17.5. The molecule has 0 spiro atoms. The van der Waals surface area contributed by atoms with Gasteiger partial charge in [-0.05, 0) is 156 Å². The van der Waals surface area contributed by atoms with Crippen LogP contribution in [0.5, 0.6) is 0 Å². The maximum Gasteiger partial charge on any atom is 0.0165 e. The minimum absolute atomic E-state index is 0.0775. The van der Waals surface area contributed by atoms with E-state index >= 15 is 0 Å². The van der Waals surface area contributed by atoms with Gasteiger partial charge in [-0.25, -0.2) is 0 Å². The van der Waals surface area contributed by atoms with Gasteiger partial charge in [0.2, 0.25) is 0 Å². The summed E-state index contributed by atoms with van der Waals surface area (Å²) in [6, 6.07) is 48.1. The third kappa shape index (κ3) is 4.18. The molecule has 8 aromatic rings. The van der Waals surface area contributed by atoms with Crippen molar-refractivity contribution in [2.45, 2.75) is 135 Å². The second-order valence-electron chi connectivity index (χ2n) is 25.9. The van der Waals surface area contributed by atoms with Crippen molar-refractivity contribution in [2.24, 2.45) is 0 Å². The molecular weight excluding hydrogens is 829 g/mol. The van der Waals surface area contributed by atoms with Crippen molar-refractivity contribution >= 4 is 0 Å². The Hall–Kier alpha value is -6.24. The van der Waals surface area contributed by atoms with E-state index in [0.717, 1.165) is 0 Å². The van der Waals surface area contributed by atoms with E-state index in [1.165, 1.54) is 156 Å². The molecule has 0 heteroatoms. The van der Waals surface area contributed by atoms with Crippen LogP contribution in [0.3, 0.4) is 0 Å². The second kappa shape index (κ2) is 11.7. The topological polar surface area (TPSA) is 0 Å². The normalized spacial score (nSPS) is 20.0. The highest BCUT2D eigenvalue weighted by Crippen LogP contribution is 2.69. The molecule has 338 valence electrons. The molecule has 0 saturated heterocycles. The molecule has 8 aromatic carbocycles. The monoisotopic (exact) mass is 890 g/mol. The van der Waals surface area contributed by atoms with Crippen molar-refractivity contribution in [1.82, 2.24) is 0 Å². The van der Waals surface area contributed by atoms with E-state index in [1.54, 1.807) is 0 Å². The van der Waals surface area contributed by atoms with Crippen LogP contribution in [0.15, 0.2) is 121 Å². The fraction of sp³-hybridized carbons (Fsp3) is 0.304. The maximum atomic E-state index is 2.57. The van der Waals surface area contributed by atoms with Gasteiger partial charge >= 0.3 is 0 Å². The van der Waals surface area contributed by atoms with Gasteiger partial charge in [-0.15, -0.1) is 0 Å². The van der Waals surface area contributed by atoms with Crippen LogP contribution >= 0.6 is 0 Å². The zero-order valence-corrected chi connectivity index (χ0v) is 43.0. The van der Waals surface area contributed by atoms with E-state index in [1.807, 2.05) is 0 Å². The molecule has 0 bridgehead atoms. The van der Waals surface area contributed by atoms with Crippen LogP contribution in [0.2, 0.25) is 0 Å². The van der Waals surface area contributed by atoms with Gasteiger partial charge in [-0.1, -0.05) is 218 Å². The highest BCUT2D eigenvalue weighted by atomic mass is 14.6. The highest BCUT2D eigenvalue weighted by molar-refractivity contribution is 6.01. The van der Waals surface area contributed by atoms with E-state index < -0.39 is 0 Å². The van der Waals surface area contributed by atoms with E-state index in [-0.39, 0.29) is 37.9 Å². The van der Waals surface area contributed by atoms with Crippen LogP contribution < -0.4 is 0 Å². The molecule has 0 saturated carbocycles. The summed E-state index contributed by atoms with van der Waals surface area (Å²) in [4.78, 5) is 0. The van der Waals surface area contributed by atoms with Crippen LogP contribution in [0.4, 0.5) is 0 Å². The molecule has 0 amide bonds. The molecule has 69 heavy (non-hydrogen) atoms. The van der Waals surface area contributed by atoms with Crippen molar-refractivity contribution in [2.75, 3.05) is 0 Å². The van der Waals surface area contributed by atoms with Gasteiger partial charge in [-0.3, -0.25) is 0 Å². The predicted octanol–water partition coefficient (Wildman–Crippen LogP) is 17.8. The number of hydrogen-bond acceptors (Lipinski definition) is 0. The average Bonchev–Trinajstić information content (AvgIpc) is 4.07. The third-order valence-electron chi connectivity index (χ3n) is 20.0. The van der Waals surface area contributed by atoms with E-state index in [0.29, 0.717) is 0 Å². The average molecular weight is 891 g/mol. The molecule has 0 atom stereocenters. The summed E-state index contributed by atoms with van der Waals surface area (Å²) < 4.78 is 0. The van der Waals surface area contributed by atoms with Crippen LogP contribution in [-0.2, 0) is 37.9 Å². The van der Waals surface area contributed by atoms with Crippen molar-refractivity contribution in [1.29, 1.82) is 0 Å². The first-order chi connectivity index (χ1) is 32.6. The molecule has 7 aliphatic carbocycles.